The lowest BCUT2D eigenvalue weighted by Crippen LogP contribution is -2.55. The van der Waals surface area contributed by atoms with E-state index in [0.717, 1.165) is 25.9 Å². The van der Waals surface area contributed by atoms with E-state index in [1.165, 1.54) is 0 Å². The number of hydrogen-bond donors (Lipinski definition) is 2. The summed E-state index contributed by atoms with van der Waals surface area (Å²) in [7, 11) is 1.65. The maximum absolute atomic E-state index is 12.5. The van der Waals surface area contributed by atoms with Crippen molar-refractivity contribution in [2.24, 2.45) is 10.8 Å². The molecule has 0 aromatic heterocycles. The van der Waals surface area contributed by atoms with Gasteiger partial charge in [0, 0.05) is 13.2 Å². The molecule has 2 N–H and O–H groups in total. The van der Waals surface area contributed by atoms with Crippen LogP contribution in [0.4, 0.5) is 0 Å². The summed E-state index contributed by atoms with van der Waals surface area (Å²) >= 11 is 0. The van der Waals surface area contributed by atoms with Crippen molar-refractivity contribution in [3.63, 3.8) is 0 Å². The molecule has 2 aliphatic rings. The molecule has 0 atom stereocenters. The second-order valence-electron chi connectivity index (χ2n) is 6.80. The minimum atomic E-state index is -0.625. The van der Waals surface area contributed by atoms with Crippen molar-refractivity contribution in [2.45, 2.75) is 52.2 Å². The highest BCUT2D eigenvalue weighted by Crippen LogP contribution is 2.62. The third kappa shape index (κ3) is 2.50. The molecule has 1 heterocycles. The first-order valence-corrected chi connectivity index (χ1v) is 6.85. The molecule has 5 heteroatoms. The molecule has 0 bridgehead atoms. The number of piperidine rings is 1. The van der Waals surface area contributed by atoms with E-state index in [1.54, 1.807) is 7.11 Å². The van der Waals surface area contributed by atoms with E-state index in [0.29, 0.717) is 0 Å². The highest BCUT2D eigenvalue weighted by molar-refractivity contribution is 5.86. The van der Waals surface area contributed by atoms with Gasteiger partial charge in [0.25, 0.3) is 5.91 Å². The maximum atomic E-state index is 12.5. The van der Waals surface area contributed by atoms with Crippen LogP contribution < -0.4 is 10.6 Å². The first kappa shape index (κ1) is 16.7. The third-order valence-corrected chi connectivity index (χ3v) is 5.51. The molecule has 0 radical (unpaired) electrons. The fourth-order valence-corrected chi connectivity index (χ4v) is 3.17. The number of rotatable bonds is 3. The number of carbonyl (C=O) groups excluding carboxylic acids is 1. The van der Waals surface area contributed by atoms with E-state index in [4.69, 9.17) is 4.74 Å². The molecule has 1 aliphatic carbocycles. The number of ether oxygens (including phenoxy) is 1. The Bertz CT molecular complexity index is 335. The van der Waals surface area contributed by atoms with Gasteiger partial charge in [0.1, 0.15) is 5.60 Å². The van der Waals surface area contributed by atoms with E-state index in [2.05, 4.69) is 38.3 Å². The van der Waals surface area contributed by atoms with E-state index in [1.807, 2.05) is 0 Å². The van der Waals surface area contributed by atoms with Gasteiger partial charge in [-0.05, 0) is 36.8 Å². The highest BCUT2D eigenvalue weighted by atomic mass is 35.5. The van der Waals surface area contributed by atoms with Crippen molar-refractivity contribution in [1.82, 2.24) is 10.6 Å². The van der Waals surface area contributed by atoms with Gasteiger partial charge >= 0.3 is 0 Å². The lowest BCUT2D eigenvalue weighted by atomic mass is 9.91. The normalized spacial score (nSPS) is 27.2. The summed E-state index contributed by atoms with van der Waals surface area (Å²) in [6, 6.07) is 0.249. The Hall–Kier alpha value is -0.320. The van der Waals surface area contributed by atoms with E-state index < -0.39 is 5.60 Å². The molecular weight excluding hydrogens is 264 g/mol. The zero-order valence-electron chi connectivity index (χ0n) is 12.6. The predicted molar refractivity (Wildman–Crippen MR) is 78.6 cm³/mol. The van der Waals surface area contributed by atoms with Crippen LogP contribution in [0.5, 0.6) is 0 Å². The van der Waals surface area contributed by atoms with E-state index >= 15 is 0 Å². The van der Waals surface area contributed by atoms with Gasteiger partial charge in [-0.2, -0.15) is 0 Å². The second kappa shape index (κ2) is 5.23. The molecule has 0 spiro atoms. The van der Waals surface area contributed by atoms with Crippen molar-refractivity contribution >= 4 is 18.3 Å². The molecule has 1 aliphatic heterocycles. The highest BCUT2D eigenvalue weighted by Gasteiger charge is 2.66. The van der Waals surface area contributed by atoms with Crippen molar-refractivity contribution in [3.8, 4) is 0 Å². The summed E-state index contributed by atoms with van der Waals surface area (Å²) in [6.45, 7) is 10.5. The molecule has 1 saturated carbocycles. The second-order valence-corrected chi connectivity index (χ2v) is 6.80. The van der Waals surface area contributed by atoms with E-state index in [9.17, 15) is 4.79 Å². The van der Waals surface area contributed by atoms with Crippen molar-refractivity contribution in [3.05, 3.63) is 0 Å². The van der Waals surface area contributed by atoms with Crippen LogP contribution in [0.2, 0.25) is 0 Å². The fraction of sp³-hybridized carbons (Fsp3) is 0.929. The average molecular weight is 291 g/mol. The van der Waals surface area contributed by atoms with Gasteiger partial charge in [-0.1, -0.05) is 27.7 Å². The zero-order chi connectivity index (χ0) is 13.6. The van der Waals surface area contributed by atoms with Gasteiger partial charge in [0.2, 0.25) is 0 Å². The number of methoxy groups -OCH3 is 1. The molecule has 2 rings (SSSR count). The standard InChI is InChI=1S/C14H26N2O2.ClH/c1-12(2)10(13(12,3)4)16-11(17)14(18-5)6-8-15-9-7-14;/h10,15H,6-9H2,1-5H3,(H,16,17);1H. The van der Waals surface area contributed by atoms with Crippen LogP contribution >= 0.6 is 12.4 Å². The molecule has 0 aromatic carbocycles. The summed E-state index contributed by atoms with van der Waals surface area (Å²) in [5.74, 6) is 0.0650. The van der Waals surface area contributed by atoms with Crippen LogP contribution in [0.3, 0.4) is 0 Å². The Kier molecular flexibility index (Phi) is 4.60. The molecule has 1 saturated heterocycles. The molecule has 0 unspecified atom stereocenters. The number of halogens is 1. The third-order valence-electron chi connectivity index (χ3n) is 5.51. The lowest BCUT2D eigenvalue weighted by Gasteiger charge is -2.35. The molecular formula is C14H27ClN2O2. The Morgan fingerprint density at radius 3 is 2.00 bits per heavy atom. The van der Waals surface area contributed by atoms with Crippen molar-refractivity contribution in [1.29, 1.82) is 0 Å². The molecule has 19 heavy (non-hydrogen) atoms. The molecule has 0 aromatic rings. The van der Waals surface area contributed by atoms with Gasteiger partial charge < -0.3 is 15.4 Å². The molecule has 2 fully saturated rings. The first-order chi connectivity index (χ1) is 8.28. The van der Waals surface area contributed by atoms with Crippen molar-refractivity contribution in [2.75, 3.05) is 20.2 Å². The maximum Gasteiger partial charge on any atom is 0.252 e. The van der Waals surface area contributed by atoms with Gasteiger partial charge in [0.15, 0.2) is 0 Å². The van der Waals surface area contributed by atoms with Gasteiger partial charge in [0.05, 0.1) is 0 Å². The summed E-state index contributed by atoms with van der Waals surface area (Å²) in [5, 5.41) is 6.47. The van der Waals surface area contributed by atoms with Crippen LogP contribution in [-0.2, 0) is 9.53 Å². The predicted octanol–water partition coefficient (Wildman–Crippen LogP) is 1.73. The summed E-state index contributed by atoms with van der Waals surface area (Å²) < 4.78 is 5.55. The Morgan fingerprint density at radius 1 is 1.16 bits per heavy atom. The number of nitrogens with one attached hydrogen (secondary N) is 2. The first-order valence-electron chi connectivity index (χ1n) is 6.85. The van der Waals surface area contributed by atoms with Crippen LogP contribution in [-0.4, -0.2) is 37.7 Å². The minimum absolute atomic E-state index is 0. The van der Waals surface area contributed by atoms with Gasteiger partial charge in [-0.3, -0.25) is 4.79 Å². The SMILES string of the molecule is COC1(C(=O)NC2C(C)(C)C2(C)C)CCNCC1.Cl. The summed E-state index contributed by atoms with van der Waals surface area (Å²) in [4.78, 5) is 12.5. The average Bonchev–Trinajstić information content (AvgIpc) is 2.72. The number of carbonyl (C=O) groups is 1. The summed E-state index contributed by atoms with van der Waals surface area (Å²) in [5.41, 5.74) is -0.283. The van der Waals surface area contributed by atoms with Crippen molar-refractivity contribution < 1.29 is 9.53 Å². The topological polar surface area (TPSA) is 50.4 Å². The van der Waals surface area contributed by atoms with Crippen LogP contribution in [0, 0.1) is 10.8 Å². The fourth-order valence-electron chi connectivity index (χ4n) is 3.17. The van der Waals surface area contributed by atoms with Crippen LogP contribution in [0.15, 0.2) is 0 Å². The lowest BCUT2D eigenvalue weighted by molar-refractivity contribution is -0.147. The quantitative estimate of drug-likeness (QED) is 0.832. The van der Waals surface area contributed by atoms with Gasteiger partial charge in [-0.15, -0.1) is 12.4 Å². The summed E-state index contributed by atoms with van der Waals surface area (Å²) in [6.07, 6.45) is 1.51. The molecule has 112 valence electrons. The monoisotopic (exact) mass is 290 g/mol. The zero-order valence-corrected chi connectivity index (χ0v) is 13.4. The Morgan fingerprint density at radius 2 is 1.63 bits per heavy atom. The van der Waals surface area contributed by atoms with Crippen LogP contribution in [0.1, 0.15) is 40.5 Å². The van der Waals surface area contributed by atoms with Crippen LogP contribution in [0.25, 0.3) is 0 Å². The Balaban J connectivity index is 0.00000180. The Labute approximate surface area is 122 Å². The smallest absolute Gasteiger partial charge is 0.252 e. The van der Waals surface area contributed by atoms with E-state index in [-0.39, 0.29) is 35.2 Å². The number of hydrogen-bond acceptors (Lipinski definition) is 3. The van der Waals surface area contributed by atoms with Gasteiger partial charge in [-0.25, -0.2) is 0 Å². The minimum Gasteiger partial charge on any atom is -0.368 e. The largest absolute Gasteiger partial charge is 0.368 e. The molecule has 4 nitrogen and oxygen atoms in total. The number of amides is 1. The molecule has 1 amide bonds.